The molecule has 1 aliphatic heterocycles. The number of rotatable bonds is 6. The Morgan fingerprint density at radius 2 is 2.35 bits per heavy atom. The van der Waals surface area contributed by atoms with Gasteiger partial charge in [0.05, 0.1) is 18.9 Å². The van der Waals surface area contributed by atoms with Crippen LogP contribution in [0.4, 0.5) is 0 Å². The summed E-state index contributed by atoms with van der Waals surface area (Å²) in [6.45, 7) is 5.77. The maximum absolute atomic E-state index is 12.3. The first kappa shape index (κ1) is 18.0. The molecule has 1 unspecified atom stereocenters. The molecule has 1 atom stereocenters. The van der Waals surface area contributed by atoms with Gasteiger partial charge in [-0.15, -0.1) is 0 Å². The minimum atomic E-state index is -0.362. The van der Waals surface area contributed by atoms with E-state index in [1.54, 1.807) is 12.3 Å². The molecular formula is C20H23N3O3. The van der Waals surface area contributed by atoms with Gasteiger partial charge in [0.1, 0.15) is 17.4 Å². The summed E-state index contributed by atoms with van der Waals surface area (Å²) in [7, 11) is 0. The maximum atomic E-state index is 12.3. The first-order chi connectivity index (χ1) is 12.6. The Kier molecular flexibility index (Phi) is 5.59. The normalized spacial score (nSPS) is 17.3. The summed E-state index contributed by atoms with van der Waals surface area (Å²) in [4.78, 5) is 12.3. The number of carbonyl (C=O) groups excluding carboxylic acids is 1. The second-order valence-corrected chi connectivity index (χ2v) is 6.51. The third-order valence-corrected chi connectivity index (χ3v) is 4.69. The van der Waals surface area contributed by atoms with Crippen molar-refractivity contribution in [3.8, 4) is 6.07 Å². The van der Waals surface area contributed by atoms with Gasteiger partial charge >= 0.3 is 0 Å². The van der Waals surface area contributed by atoms with Gasteiger partial charge in [-0.05, 0) is 56.5 Å². The van der Waals surface area contributed by atoms with Crippen LogP contribution in [-0.2, 0) is 16.1 Å². The molecule has 3 rings (SSSR count). The van der Waals surface area contributed by atoms with E-state index in [1.165, 1.54) is 0 Å². The Morgan fingerprint density at radius 1 is 1.50 bits per heavy atom. The maximum Gasteiger partial charge on any atom is 0.262 e. The molecule has 1 fully saturated rings. The van der Waals surface area contributed by atoms with Crippen LogP contribution in [-0.4, -0.2) is 29.7 Å². The summed E-state index contributed by atoms with van der Waals surface area (Å²) >= 11 is 0. The molecule has 0 spiro atoms. The Hall–Kier alpha value is -2.78. The zero-order valence-corrected chi connectivity index (χ0v) is 15.1. The van der Waals surface area contributed by atoms with Crippen molar-refractivity contribution in [1.29, 1.82) is 5.26 Å². The molecule has 0 aliphatic carbocycles. The highest BCUT2D eigenvalue weighted by molar-refractivity contribution is 6.01. The van der Waals surface area contributed by atoms with Gasteiger partial charge in [-0.1, -0.05) is 0 Å². The number of furan rings is 1. The number of aromatic nitrogens is 1. The van der Waals surface area contributed by atoms with Crippen molar-refractivity contribution in [1.82, 2.24) is 9.88 Å². The Balaban J connectivity index is 1.74. The van der Waals surface area contributed by atoms with Crippen LogP contribution in [0.5, 0.6) is 0 Å². The number of carbonyl (C=O) groups is 1. The molecule has 2 aromatic heterocycles. The Labute approximate surface area is 153 Å². The van der Waals surface area contributed by atoms with Crippen molar-refractivity contribution >= 4 is 12.0 Å². The zero-order valence-electron chi connectivity index (χ0n) is 15.1. The quantitative estimate of drug-likeness (QED) is 0.639. The fraction of sp³-hybridized carbons (Fsp3) is 0.400. The van der Waals surface area contributed by atoms with Crippen LogP contribution in [0.3, 0.4) is 0 Å². The van der Waals surface area contributed by atoms with Gasteiger partial charge in [0.2, 0.25) is 0 Å². The van der Waals surface area contributed by atoms with Gasteiger partial charge in [0, 0.05) is 24.5 Å². The molecule has 3 heterocycles. The summed E-state index contributed by atoms with van der Waals surface area (Å²) in [5.41, 5.74) is 2.99. The highest BCUT2D eigenvalue weighted by atomic mass is 16.5. The van der Waals surface area contributed by atoms with Crippen molar-refractivity contribution in [2.45, 2.75) is 39.3 Å². The summed E-state index contributed by atoms with van der Waals surface area (Å²) in [6.07, 6.45) is 5.31. The number of nitrogens with one attached hydrogen (secondary N) is 1. The van der Waals surface area contributed by atoms with E-state index in [0.29, 0.717) is 13.1 Å². The lowest BCUT2D eigenvalue weighted by atomic mass is 10.1. The minimum absolute atomic E-state index is 0.0530. The third kappa shape index (κ3) is 4.06. The molecule has 0 radical (unpaired) electrons. The fourth-order valence-electron chi connectivity index (χ4n) is 3.19. The van der Waals surface area contributed by atoms with E-state index < -0.39 is 0 Å². The van der Waals surface area contributed by atoms with E-state index in [2.05, 4.69) is 9.88 Å². The van der Waals surface area contributed by atoms with E-state index in [-0.39, 0.29) is 17.6 Å². The Morgan fingerprint density at radius 3 is 3.00 bits per heavy atom. The number of ether oxygens (including phenoxy) is 1. The molecule has 6 nitrogen and oxygen atoms in total. The first-order valence-electron chi connectivity index (χ1n) is 8.79. The molecule has 136 valence electrons. The molecule has 0 aromatic carbocycles. The van der Waals surface area contributed by atoms with Crippen molar-refractivity contribution < 1.29 is 13.9 Å². The van der Waals surface area contributed by atoms with Gasteiger partial charge in [-0.2, -0.15) is 5.26 Å². The van der Waals surface area contributed by atoms with E-state index in [9.17, 15) is 10.1 Å². The highest BCUT2D eigenvalue weighted by Crippen LogP contribution is 2.20. The summed E-state index contributed by atoms with van der Waals surface area (Å²) in [6, 6.07) is 7.76. The predicted octanol–water partition coefficient (Wildman–Crippen LogP) is 2.95. The molecule has 26 heavy (non-hydrogen) atoms. The second-order valence-electron chi connectivity index (χ2n) is 6.51. The van der Waals surface area contributed by atoms with E-state index in [0.717, 1.165) is 42.2 Å². The van der Waals surface area contributed by atoms with Crippen molar-refractivity contribution in [3.05, 3.63) is 52.7 Å². The van der Waals surface area contributed by atoms with Gasteiger partial charge in [-0.25, -0.2) is 0 Å². The van der Waals surface area contributed by atoms with Gasteiger partial charge < -0.3 is 19.0 Å². The number of aryl methyl sites for hydroxylation is 1. The first-order valence-corrected chi connectivity index (χ1v) is 8.79. The number of hydrogen-bond donors (Lipinski definition) is 1. The second kappa shape index (κ2) is 8.07. The molecule has 6 heteroatoms. The smallest absolute Gasteiger partial charge is 0.262 e. The van der Waals surface area contributed by atoms with Crippen LogP contribution in [0, 0.1) is 25.2 Å². The molecule has 2 aromatic rings. The average Bonchev–Trinajstić information content (AvgIpc) is 3.37. The molecule has 0 bridgehead atoms. The average molecular weight is 353 g/mol. The molecule has 1 saturated heterocycles. The molecule has 1 N–H and O–H groups in total. The zero-order chi connectivity index (χ0) is 18.5. The van der Waals surface area contributed by atoms with E-state index in [4.69, 9.17) is 9.15 Å². The number of amides is 1. The van der Waals surface area contributed by atoms with Crippen LogP contribution in [0.15, 0.2) is 34.5 Å². The Bertz CT molecular complexity index is 835. The van der Waals surface area contributed by atoms with Crippen LogP contribution < -0.4 is 5.32 Å². The van der Waals surface area contributed by atoms with Crippen molar-refractivity contribution in [2.24, 2.45) is 0 Å². The monoisotopic (exact) mass is 353 g/mol. The van der Waals surface area contributed by atoms with Gasteiger partial charge in [-0.3, -0.25) is 4.79 Å². The largest absolute Gasteiger partial charge is 0.467 e. The third-order valence-electron chi connectivity index (χ3n) is 4.69. The number of nitriles is 1. The summed E-state index contributed by atoms with van der Waals surface area (Å²) in [5.74, 6) is 0.496. The number of hydrogen-bond acceptors (Lipinski definition) is 4. The van der Waals surface area contributed by atoms with Crippen LogP contribution in [0.25, 0.3) is 6.08 Å². The fourth-order valence-corrected chi connectivity index (χ4v) is 3.19. The SMILES string of the molecule is Cc1cc(/C=C(\C#N)C(=O)NCC2CCCO2)c(C)n1Cc1ccco1. The summed E-state index contributed by atoms with van der Waals surface area (Å²) < 4.78 is 13.0. The topological polar surface area (TPSA) is 80.2 Å². The highest BCUT2D eigenvalue weighted by Gasteiger charge is 2.18. The lowest BCUT2D eigenvalue weighted by Gasteiger charge is -2.10. The van der Waals surface area contributed by atoms with E-state index in [1.807, 2.05) is 38.1 Å². The van der Waals surface area contributed by atoms with E-state index >= 15 is 0 Å². The van der Waals surface area contributed by atoms with Crippen molar-refractivity contribution in [2.75, 3.05) is 13.2 Å². The van der Waals surface area contributed by atoms with Crippen molar-refractivity contribution in [3.63, 3.8) is 0 Å². The number of nitrogens with zero attached hydrogens (tertiary/aromatic N) is 2. The lowest BCUT2D eigenvalue weighted by Crippen LogP contribution is -2.32. The molecule has 1 amide bonds. The molecular weight excluding hydrogens is 330 g/mol. The van der Waals surface area contributed by atoms with Gasteiger partial charge in [0.15, 0.2) is 0 Å². The lowest BCUT2D eigenvalue weighted by molar-refractivity contribution is -0.117. The minimum Gasteiger partial charge on any atom is -0.467 e. The molecule has 1 aliphatic rings. The van der Waals surface area contributed by atoms with Gasteiger partial charge in [0.25, 0.3) is 5.91 Å². The predicted molar refractivity (Wildman–Crippen MR) is 97.3 cm³/mol. The van der Waals surface area contributed by atoms with Crippen LogP contribution >= 0.6 is 0 Å². The molecule has 0 saturated carbocycles. The standard InChI is InChI=1S/C20H23N3O3/c1-14-9-16(15(2)23(14)13-19-6-4-8-26-19)10-17(11-21)20(24)22-12-18-5-3-7-25-18/h4,6,8-10,18H,3,5,7,12-13H2,1-2H3,(H,22,24)/b17-10+. The summed E-state index contributed by atoms with van der Waals surface area (Å²) in [5, 5.41) is 12.2. The van der Waals surface area contributed by atoms with Crippen LogP contribution in [0.2, 0.25) is 0 Å². The van der Waals surface area contributed by atoms with Crippen LogP contribution in [0.1, 0.15) is 35.6 Å².